The molecule has 0 saturated carbocycles. The molecule has 3 aromatic heterocycles. The van der Waals surface area contributed by atoms with Gasteiger partial charge in [-0.05, 0) is 31.5 Å². The van der Waals surface area contributed by atoms with E-state index < -0.39 is 10.0 Å². The van der Waals surface area contributed by atoms with Crippen LogP contribution in [-0.2, 0) is 17.1 Å². The maximum absolute atomic E-state index is 12.5. The number of aromatic nitrogens is 4. The molecule has 7 nitrogen and oxygen atoms in total. The Kier molecular flexibility index (Phi) is 3.90. The normalized spacial score (nSPS) is 11.6. The number of anilines is 1. The van der Waals surface area contributed by atoms with Gasteiger partial charge in [0.05, 0.1) is 11.9 Å². The summed E-state index contributed by atoms with van der Waals surface area (Å²) in [6.07, 6.45) is 4.65. The summed E-state index contributed by atoms with van der Waals surface area (Å²) in [6, 6.07) is 3.35. The Labute approximate surface area is 138 Å². The molecule has 3 aromatic rings. The van der Waals surface area contributed by atoms with Crippen molar-refractivity contribution in [1.82, 2.24) is 19.7 Å². The van der Waals surface area contributed by atoms with Crippen molar-refractivity contribution in [3.05, 3.63) is 41.3 Å². The topological polar surface area (TPSA) is 89.8 Å². The van der Waals surface area contributed by atoms with Crippen LogP contribution in [0.15, 0.2) is 35.1 Å². The molecular formula is C14H15N5O2S2. The van der Waals surface area contributed by atoms with E-state index in [0.717, 1.165) is 10.4 Å². The van der Waals surface area contributed by atoms with Gasteiger partial charge in [0.25, 0.3) is 10.0 Å². The summed E-state index contributed by atoms with van der Waals surface area (Å²) in [5, 5.41) is 7.81. The van der Waals surface area contributed by atoms with Gasteiger partial charge in [-0.1, -0.05) is 0 Å². The minimum atomic E-state index is -3.63. The number of aryl methyl sites for hydroxylation is 3. The number of sulfonamides is 1. The fourth-order valence-electron chi connectivity index (χ4n) is 2.04. The van der Waals surface area contributed by atoms with Gasteiger partial charge in [-0.25, -0.2) is 8.42 Å². The largest absolute Gasteiger partial charge is 0.317 e. The first kappa shape index (κ1) is 15.6. The fourth-order valence-corrected chi connectivity index (χ4v) is 4.59. The van der Waals surface area contributed by atoms with E-state index in [4.69, 9.17) is 0 Å². The Bertz CT molecular complexity index is 940. The van der Waals surface area contributed by atoms with E-state index in [1.54, 1.807) is 29.2 Å². The standard InChI is InChI=1S/C14H15N5O2S2/c1-9-4-13(22-10(9)2)23(20,21)18-12-5-11(6-15-7-12)14-17-16-8-19(14)3/h4-8,18H,1-3H3. The summed E-state index contributed by atoms with van der Waals surface area (Å²) in [5.74, 6) is 0.612. The lowest BCUT2D eigenvalue weighted by molar-refractivity contribution is 0.603. The van der Waals surface area contributed by atoms with Crippen molar-refractivity contribution in [1.29, 1.82) is 0 Å². The second-order valence-corrected chi connectivity index (χ2v) is 8.30. The third-order valence-electron chi connectivity index (χ3n) is 3.37. The molecular weight excluding hydrogens is 334 g/mol. The first-order valence-electron chi connectivity index (χ1n) is 6.76. The predicted octanol–water partition coefficient (Wildman–Crippen LogP) is 2.36. The lowest BCUT2D eigenvalue weighted by Gasteiger charge is -2.07. The molecule has 3 heterocycles. The predicted molar refractivity (Wildman–Crippen MR) is 88.8 cm³/mol. The van der Waals surface area contributed by atoms with Crippen LogP contribution in [0.5, 0.6) is 0 Å². The van der Waals surface area contributed by atoms with E-state index >= 15 is 0 Å². The van der Waals surface area contributed by atoms with E-state index in [9.17, 15) is 8.42 Å². The Hall–Kier alpha value is -2.26. The van der Waals surface area contributed by atoms with Crippen molar-refractivity contribution in [3.8, 4) is 11.4 Å². The average molecular weight is 349 g/mol. The van der Waals surface area contributed by atoms with Crippen LogP contribution in [0.4, 0.5) is 5.69 Å². The van der Waals surface area contributed by atoms with Crippen LogP contribution >= 0.6 is 11.3 Å². The molecule has 0 aromatic carbocycles. The van der Waals surface area contributed by atoms with Crippen molar-refractivity contribution in [3.63, 3.8) is 0 Å². The van der Waals surface area contributed by atoms with Crippen LogP contribution in [0, 0.1) is 13.8 Å². The van der Waals surface area contributed by atoms with Crippen LogP contribution in [0.25, 0.3) is 11.4 Å². The molecule has 1 N–H and O–H groups in total. The molecule has 0 bridgehead atoms. The number of rotatable bonds is 4. The molecule has 0 amide bonds. The van der Waals surface area contributed by atoms with E-state index in [1.807, 2.05) is 20.9 Å². The van der Waals surface area contributed by atoms with Crippen LogP contribution in [0.3, 0.4) is 0 Å². The van der Waals surface area contributed by atoms with E-state index in [2.05, 4.69) is 19.9 Å². The van der Waals surface area contributed by atoms with Crippen LogP contribution < -0.4 is 4.72 Å². The highest BCUT2D eigenvalue weighted by atomic mass is 32.2. The minimum absolute atomic E-state index is 0.288. The number of nitrogens with zero attached hydrogens (tertiary/aromatic N) is 4. The lowest BCUT2D eigenvalue weighted by Crippen LogP contribution is -2.11. The third kappa shape index (κ3) is 3.10. The molecule has 0 atom stereocenters. The van der Waals surface area contributed by atoms with Crippen molar-refractivity contribution in [2.45, 2.75) is 18.1 Å². The summed E-state index contributed by atoms with van der Waals surface area (Å²) >= 11 is 1.25. The maximum atomic E-state index is 12.5. The van der Waals surface area contributed by atoms with E-state index in [0.29, 0.717) is 17.1 Å². The summed E-state index contributed by atoms with van der Waals surface area (Å²) < 4.78 is 29.5. The second-order valence-electron chi connectivity index (χ2n) is 5.14. The summed E-state index contributed by atoms with van der Waals surface area (Å²) in [7, 11) is -1.82. The molecule has 0 radical (unpaired) electrons. The Morgan fingerprint density at radius 2 is 2.00 bits per heavy atom. The highest BCUT2D eigenvalue weighted by Crippen LogP contribution is 2.27. The Morgan fingerprint density at radius 3 is 2.61 bits per heavy atom. The lowest BCUT2D eigenvalue weighted by atomic mass is 10.2. The van der Waals surface area contributed by atoms with Gasteiger partial charge >= 0.3 is 0 Å². The molecule has 0 spiro atoms. The number of hydrogen-bond acceptors (Lipinski definition) is 6. The van der Waals surface area contributed by atoms with Gasteiger partial charge in [-0.15, -0.1) is 21.5 Å². The molecule has 0 unspecified atom stereocenters. The van der Waals surface area contributed by atoms with Gasteiger partial charge < -0.3 is 4.57 Å². The van der Waals surface area contributed by atoms with E-state index in [-0.39, 0.29) is 4.21 Å². The summed E-state index contributed by atoms with van der Waals surface area (Å²) in [4.78, 5) is 5.06. The van der Waals surface area contributed by atoms with Gasteiger partial charge in [-0.2, -0.15) is 0 Å². The zero-order valence-corrected chi connectivity index (χ0v) is 14.4. The first-order chi connectivity index (χ1) is 10.9. The third-order valence-corrected chi connectivity index (χ3v) is 6.38. The smallest absolute Gasteiger partial charge is 0.271 e. The highest BCUT2D eigenvalue weighted by molar-refractivity contribution is 7.94. The molecule has 0 aliphatic carbocycles. The molecule has 0 saturated heterocycles. The molecule has 3 rings (SSSR count). The van der Waals surface area contributed by atoms with Gasteiger partial charge in [0.15, 0.2) is 5.82 Å². The number of nitrogens with one attached hydrogen (secondary N) is 1. The molecule has 0 aliphatic rings. The SMILES string of the molecule is Cc1cc(S(=O)(=O)Nc2cncc(-c3nncn3C)c2)sc1C. The minimum Gasteiger partial charge on any atom is -0.317 e. The molecule has 120 valence electrons. The monoisotopic (exact) mass is 349 g/mol. The van der Waals surface area contributed by atoms with Crippen molar-refractivity contribution < 1.29 is 8.42 Å². The summed E-state index contributed by atoms with van der Waals surface area (Å²) in [6.45, 7) is 3.79. The molecule has 9 heteroatoms. The zero-order chi connectivity index (χ0) is 16.6. The number of pyridine rings is 1. The van der Waals surface area contributed by atoms with Gasteiger partial charge in [0.1, 0.15) is 10.5 Å². The number of thiophene rings is 1. The quantitative estimate of drug-likeness (QED) is 0.781. The number of hydrogen-bond donors (Lipinski definition) is 1. The van der Waals surface area contributed by atoms with Crippen LogP contribution in [-0.4, -0.2) is 28.2 Å². The molecule has 23 heavy (non-hydrogen) atoms. The highest BCUT2D eigenvalue weighted by Gasteiger charge is 2.18. The van der Waals surface area contributed by atoms with Gasteiger partial charge in [0, 0.05) is 23.7 Å². The second kappa shape index (κ2) is 5.74. The van der Waals surface area contributed by atoms with Gasteiger partial charge in [0.2, 0.25) is 0 Å². The van der Waals surface area contributed by atoms with Crippen molar-refractivity contribution in [2.24, 2.45) is 7.05 Å². The van der Waals surface area contributed by atoms with Crippen molar-refractivity contribution in [2.75, 3.05) is 4.72 Å². The zero-order valence-electron chi connectivity index (χ0n) is 12.8. The maximum Gasteiger partial charge on any atom is 0.271 e. The first-order valence-corrected chi connectivity index (χ1v) is 9.06. The van der Waals surface area contributed by atoms with E-state index in [1.165, 1.54) is 17.5 Å². The Balaban J connectivity index is 1.93. The van der Waals surface area contributed by atoms with Crippen LogP contribution in [0.2, 0.25) is 0 Å². The summed E-state index contributed by atoms with van der Waals surface area (Å²) in [5.41, 5.74) is 2.03. The van der Waals surface area contributed by atoms with Gasteiger partial charge in [-0.3, -0.25) is 9.71 Å². The molecule has 0 fully saturated rings. The molecule has 0 aliphatic heterocycles. The Morgan fingerprint density at radius 1 is 1.22 bits per heavy atom. The van der Waals surface area contributed by atoms with Crippen molar-refractivity contribution >= 4 is 27.0 Å². The van der Waals surface area contributed by atoms with Crippen LogP contribution in [0.1, 0.15) is 10.4 Å². The average Bonchev–Trinajstić information content (AvgIpc) is 3.06. The fraction of sp³-hybridized carbons (Fsp3) is 0.214.